The smallest absolute Gasteiger partial charge is 0.256 e. The summed E-state index contributed by atoms with van der Waals surface area (Å²) < 4.78 is 29.1. The van der Waals surface area contributed by atoms with Crippen LogP contribution in [-0.4, -0.2) is 28.0 Å². The maximum atomic E-state index is 10.6. The third-order valence-corrected chi connectivity index (χ3v) is 2.03. The first-order valence-electron chi connectivity index (χ1n) is 3.38. The molecule has 0 aliphatic carbocycles. The van der Waals surface area contributed by atoms with Crippen LogP contribution in [0, 0.1) is 0 Å². The van der Waals surface area contributed by atoms with E-state index in [4.69, 9.17) is 14.0 Å². The second-order valence-electron chi connectivity index (χ2n) is 2.13. The van der Waals surface area contributed by atoms with Gasteiger partial charge in [-0.15, -0.1) is 0 Å². The number of hydrogen-bond donors (Lipinski definition) is 1. The predicted octanol–water partition coefficient (Wildman–Crippen LogP) is 0.679. The third-order valence-electron chi connectivity index (χ3n) is 1.41. The highest BCUT2D eigenvalue weighted by atomic mass is 32.2. The second kappa shape index (κ2) is 4.20. The molecular formula is C7H9NO4S. The van der Waals surface area contributed by atoms with E-state index in [0.717, 1.165) is 0 Å². The van der Waals surface area contributed by atoms with Gasteiger partial charge in [-0.05, 0) is 0 Å². The summed E-state index contributed by atoms with van der Waals surface area (Å²) in [5, 5.41) is 0. The maximum absolute atomic E-state index is 10.6. The quantitative estimate of drug-likeness (QED) is 0.731. The molecule has 6 heteroatoms. The lowest BCUT2D eigenvalue weighted by molar-refractivity contribution is 0.341. The minimum atomic E-state index is -2.05. The van der Waals surface area contributed by atoms with Gasteiger partial charge in [-0.1, -0.05) is 0 Å². The van der Waals surface area contributed by atoms with E-state index in [1.807, 2.05) is 0 Å². The molecule has 1 heterocycles. The first kappa shape index (κ1) is 9.94. The molecule has 1 rings (SSSR count). The molecule has 0 spiro atoms. The van der Waals surface area contributed by atoms with Crippen LogP contribution in [0.4, 0.5) is 0 Å². The van der Waals surface area contributed by atoms with Crippen LogP contribution in [0.25, 0.3) is 0 Å². The van der Waals surface area contributed by atoms with E-state index in [1.54, 1.807) is 0 Å². The molecular weight excluding hydrogens is 194 g/mol. The number of nitrogens with zero attached hydrogens (tertiary/aromatic N) is 1. The van der Waals surface area contributed by atoms with E-state index in [1.165, 1.54) is 26.5 Å². The zero-order valence-corrected chi connectivity index (χ0v) is 8.00. The lowest BCUT2D eigenvalue weighted by Gasteiger charge is -2.05. The van der Waals surface area contributed by atoms with Crippen LogP contribution >= 0.6 is 0 Å². The van der Waals surface area contributed by atoms with Gasteiger partial charge in [0.2, 0.25) is 0 Å². The Morgan fingerprint density at radius 1 is 1.46 bits per heavy atom. The Hall–Kier alpha value is -1.14. The van der Waals surface area contributed by atoms with Gasteiger partial charge in [0.05, 0.1) is 19.1 Å². The van der Waals surface area contributed by atoms with Gasteiger partial charge in [-0.25, -0.2) is 9.19 Å². The van der Waals surface area contributed by atoms with E-state index in [2.05, 4.69) is 4.98 Å². The van der Waals surface area contributed by atoms with Gasteiger partial charge in [-0.3, -0.25) is 0 Å². The molecule has 1 aromatic rings. The standard InChI is InChI=1S/C7H9NO4S/c1-11-6-3-5(13(9)10)4-8-7(6)12-2/h3-4H,1-2H3,(H,9,10). The molecule has 1 N–H and O–H groups in total. The molecule has 0 radical (unpaired) electrons. The fraction of sp³-hybridized carbons (Fsp3) is 0.286. The Morgan fingerprint density at radius 3 is 2.62 bits per heavy atom. The van der Waals surface area contributed by atoms with E-state index in [-0.39, 0.29) is 10.8 Å². The van der Waals surface area contributed by atoms with Crippen LogP contribution in [0.3, 0.4) is 0 Å². The Balaban J connectivity index is 3.13. The molecule has 5 nitrogen and oxygen atoms in total. The van der Waals surface area contributed by atoms with Crippen molar-refractivity contribution < 1.29 is 18.2 Å². The summed E-state index contributed by atoms with van der Waals surface area (Å²) in [5.41, 5.74) is 0. The van der Waals surface area contributed by atoms with Gasteiger partial charge in [0, 0.05) is 12.3 Å². The van der Waals surface area contributed by atoms with Crippen molar-refractivity contribution in [3.63, 3.8) is 0 Å². The van der Waals surface area contributed by atoms with Crippen LogP contribution in [0.15, 0.2) is 17.2 Å². The lowest BCUT2D eigenvalue weighted by Crippen LogP contribution is -1.96. The lowest BCUT2D eigenvalue weighted by atomic mass is 10.4. The summed E-state index contributed by atoms with van der Waals surface area (Å²) in [6.07, 6.45) is 1.26. The molecule has 13 heavy (non-hydrogen) atoms. The van der Waals surface area contributed by atoms with Crippen molar-refractivity contribution in [3.8, 4) is 11.6 Å². The van der Waals surface area contributed by atoms with E-state index in [9.17, 15) is 4.21 Å². The highest BCUT2D eigenvalue weighted by Gasteiger charge is 2.08. The highest BCUT2D eigenvalue weighted by molar-refractivity contribution is 7.79. The molecule has 1 unspecified atom stereocenters. The monoisotopic (exact) mass is 203 g/mol. The van der Waals surface area contributed by atoms with Gasteiger partial charge < -0.3 is 14.0 Å². The molecule has 0 fully saturated rings. The average Bonchev–Trinajstić information content (AvgIpc) is 2.16. The summed E-state index contributed by atoms with van der Waals surface area (Å²) in [6.45, 7) is 0. The Bertz CT molecular complexity index is 328. The second-order valence-corrected chi connectivity index (χ2v) is 3.10. The molecule has 0 bridgehead atoms. The first-order valence-corrected chi connectivity index (χ1v) is 4.48. The zero-order chi connectivity index (χ0) is 9.84. The fourth-order valence-corrected chi connectivity index (χ4v) is 1.16. The molecule has 0 aliphatic heterocycles. The summed E-state index contributed by atoms with van der Waals surface area (Å²) in [6, 6.07) is 1.40. The van der Waals surface area contributed by atoms with Gasteiger partial charge in [0.25, 0.3) is 5.88 Å². The largest absolute Gasteiger partial charge is 0.491 e. The molecule has 72 valence electrons. The van der Waals surface area contributed by atoms with Gasteiger partial charge in [0.1, 0.15) is 0 Å². The summed E-state index contributed by atoms with van der Waals surface area (Å²) in [5.74, 6) is 0.624. The van der Waals surface area contributed by atoms with Crippen molar-refractivity contribution in [3.05, 3.63) is 12.3 Å². The molecule has 0 saturated carbocycles. The predicted molar refractivity (Wildman–Crippen MR) is 46.4 cm³/mol. The fourth-order valence-electron chi connectivity index (χ4n) is 0.809. The first-order chi connectivity index (χ1) is 6.19. The van der Waals surface area contributed by atoms with Crippen molar-refractivity contribution in [1.82, 2.24) is 4.98 Å². The summed E-state index contributed by atoms with van der Waals surface area (Å²) >= 11 is -2.05. The molecule has 0 saturated heterocycles. The number of methoxy groups -OCH3 is 2. The molecule has 1 aromatic heterocycles. The minimum absolute atomic E-state index is 0.178. The number of ether oxygens (including phenoxy) is 2. The van der Waals surface area contributed by atoms with E-state index in [0.29, 0.717) is 5.75 Å². The summed E-state index contributed by atoms with van der Waals surface area (Å²) in [7, 11) is 2.88. The van der Waals surface area contributed by atoms with Crippen LogP contribution in [0.5, 0.6) is 11.6 Å². The van der Waals surface area contributed by atoms with Gasteiger partial charge >= 0.3 is 0 Å². The zero-order valence-electron chi connectivity index (χ0n) is 7.18. The van der Waals surface area contributed by atoms with Crippen molar-refractivity contribution >= 4 is 11.1 Å². The van der Waals surface area contributed by atoms with Crippen LogP contribution < -0.4 is 9.47 Å². The van der Waals surface area contributed by atoms with Crippen LogP contribution in [0.1, 0.15) is 0 Å². The van der Waals surface area contributed by atoms with E-state index < -0.39 is 11.1 Å². The molecule has 0 aromatic carbocycles. The van der Waals surface area contributed by atoms with Crippen molar-refractivity contribution in [2.45, 2.75) is 4.90 Å². The van der Waals surface area contributed by atoms with Crippen LogP contribution in [0.2, 0.25) is 0 Å². The molecule has 0 amide bonds. The number of aromatic nitrogens is 1. The SMILES string of the molecule is COc1cc(S(=O)O)cnc1OC. The molecule has 0 aliphatic rings. The number of hydrogen-bond acceptors (Lipinski definition) is 4. The summed E-state index contributed by atoms with van der Waals surface area (Å²) in [4.78, 5) is 3.97. The van der Waals surface area contributed by atoms with Crippen LogP contribution in [-0.2, 0) is 11.1 Å². The molecule has 1 atom stereocenters. The van der Waals surface area contributed by atoms with Crippen molar-refractivity contribution in [2.24, 2.45) is 0 Å². The topological polar surface area (TPSA) is 68.7 Å². The highest BCUT2D eigenvalue weighted by Crippen LogP contribution is 2.25. The minimum Gasteiger partial charge on any atom is -0.491 e. The average molecular weight is 203 g/mol. The number of pyridine rings is 1. The van der Waals surface area contributed by atoms with Gasteiger partial charge in [-0.2, -0.15) is 0 Å². The Labute approximate surface area is 78.0 Å². The Morgan fingerprint density at radius 2 is 2.15 bits per heavy atom. The maximum Gasteiger partial charge on any atom is 0.256 e. The Kier molecular flexibility index (Phi) is 3.21. The third kappa shape index (κ3) is 2.16. The van der Waals surface area contributed by atoms with E-state index >= 15 is 0 Å². The van der Waals surface area contributed by atoms with Gasteiger partial charge in [0.15, 0.2) is 16.8 Å². The number of rotatable bonds is 3. The van der Waals surface area contributed by atoms with Crippen molar-refractivity contribution in [1.29, 1.82) is 0 Å². The van der Waals surface area contributed by atoms with Crippen molar-refractivity contribution in [2.75, 3.05) is 14.2 Å². The normalized spacial score (nSPS) is 12.2.